The molecule has 3 rings (SSSR count). The number of pyridine rings is 1. The number of nitrogens with zero attached hydrogens (tertiary/aromatic N) is 5. The van der Waals surface area contributed by atoms with Crippen LogP contribution in [0.5, 0.6) is 0 Å². The maximum Gasteiger partial charge on any atom is 0.358 e. The third-order valence-corrected chi connectivity index (χ3v) is 4.39. The highest BCUT2D eigenvalue weighted by molar-refractivity contribution is 7.10. The molecule has 0 atom stereocenters. The van der Waals surface area contributed by atoms with E-state index >= 15 is 0 Å². The zero-order valence-electron chi connectivity index (χ0n) is 12.7. The van der Waals surface area contributed by atoms with Crippen LogP contribution in [0.2, 0.25) is 9.36 Å². The van der Waals surface area contributed by atoms with E-state index in [4.69, 9.17) is 27.9 Å². The van der Waals surface area contributed by atoms with Gasteiger partial charge in [-0.3, -0.25) is 0 Å². The first-order valence-corrected chi connectivity index (χ1v) is 8.32. The maximum atomic E-state index is 12.3. The van der Waals surface area contributed by atoms with Gasteiger partial charge < -0.3 is 4.74 Å². The average molecular weight is 384 g/mol. The lowest BCUT2D eigenvalue weighted by atomic mass is 10.3. The van der Waals surface area contributed by atoms with Crippen molar-refractivity contribution in [2.24, 2.45) is 0 Å². The van der Waals surface area contributed by atoms with Crippen LogP contribution in [0.15, 0.2) is 18.2 Å². The van der Waals surface area contributed by atoms with Gasteiger partial charge in [-0.1, -0.05) is 27.7 Å². The van der Waals surface area contributed by atoms with E-state index < -0.39 is 5.97 Å². The van der Waals surface area contributed by atoms with Crippen LogP contribution in [0.3, 0.4) is 0 Å². The Morgan fingerprint density at radius 2 is 2.12 bits per heavy atom. The van der Waals surface area contributed by atoms with Gasteiger partial charge in [0, 0.05) is 17.2 Å². The Morgan fingerprint density at radius 1 is 1.33 bits per heavy atom. The van der Waals surface area contributed by atoms with Crippen molar-refractivity contribution in [3.8, 4) is 5.82 Å². The number of rotatable bonds is 4. The first-order chi connectivity index (χ1) is 11.5. The van der Waals surface area contributed by atoms with Gasteiger partial charge in [-0.2, -0.15) is 5.10 Å². The summed E-state index contributed by atoms with van der Waals surface area (Å²) in [5.74, 6) is -0.197. The Bertz CT molecular complexity index is 908. The Labute approximate surface area is 151 Å². The van der Waals surface area contributed by atoms with E-state index in [-0.39, 0.29) is 17.3 Å². The summed E-state index contributed by atoms with van der Waals surface area (Å²) in [6.45, 7) is 3.67. The van der Waals surface area contributed by atoms with E-state index in [1.165, 1.54) is 0 Å². The van der Waals surface area contributed by atoms with Gasteiger partial charge in [-0.15, -0.1) is 5.10 Å². The van der Waals surface area contributed by atoms with Gasteiger partial charge in [0.05, 0.1) is 10.7 Å². The first-order valence-electron chi connectivity index (χ1n) is 6.79. The summed E-state index contributed by atoms with van der Waals surface area (Å²) in [5.41, 5.74) is 2.13. The zero-order valence-corrected chi connectivity index (χ0v) is 15.0. The lowest BCUT2D eigenvalue weighted by Gasteiger charge is -2.08. The van der Waals surface area contributed by atoms with Crippen LogP contribution in [0, 0.1) is 13.8 Å². The predicted octanol–water partition coefficient (Wildman–Crippen LogP) is 3.40. The van der Waals surface area contributed by atoms with Gasteiger partial charge in [0.25, 0.3) is 0 Å². The number of aryl methyl sites for hydroxylation is 2. The highest BCUT2D eigenvalue weighted by Crippen LogP contribution is 2.21. The van der Waals surface area contributed by atoms with Gasteiger partial charge in [0.2, 0.25) is 0 Å². The van der Waals surface area contributed by atoms with Crippen molar-refractivity contribution in [3.63, 3.8) is 0 Å². The molecule has 7 nitrogen and oxygen atoms in total. The molecule has 0 saturated heterocycles. The van der Waals surface area contributed by atoms with Crippen LogP contribution in [0.1, 0.15) is 27.6 Å². The fourth-order valence-electron chi connectivity index (χ4n) is 2.04. The van der Waals surface area contributed by atoms with Crippen molar-refractivity contribution < 1.29 is 9.53 Å². The third-order valence-electron chi connectivity index (χ3n) is 3.10. The van der Waals surface area contributed by atoms with Crippen LogP contribution >= 0.6 is 34.7 Å². The topological polar surface area (TPSA) is 82.8 Å². The lowest BCUT2D eigenvalue weighted by Crippen LogP contribution is -2.11. The Balaban J connectivity index is 1.84. The zero-order chi connectivity index (χ0) is 17.3. The predicted molar refractivity (Wildman–Crippen MR) is 89.9 cm³/mol. The fourth-order valence-corrected chi connectivity index (χ4v) is 2.82. The highest BCUT2D eigenvalue weighted by Gasteiger charge is 2.18. The van der Waals surface area contributed by atoms with Crippen LogP contribution in [0.4, 0.5) is 0 Å². The van der Waals surface area contributed by atoms with Gasteiger partial charge in [-0.05, 0) is 32.0 Å². The van der Waals surface area contributed by atoms with Crippen LogP contribution < -0.4 is 0 Å². The molecule has 0 aliphatic carbocycles. The molecule has 3 heterocycles. The largest absolute Gasteiger partial charge is 0.454 e. The molecule has 0 aliphatic rings. The molecule has 0 radical (unpaired) electrons. The molecule has 0 spiro atoms. The molecule has 0 aromatic carbocycles. The number of carbonyl (C=O) groups is 1. The van der Waals surface area contributed by atoms with Crippen LogP contribution in [0.25, 0.3) is 5.82 Å². The minimum Gasteiger partial charge on any atom is -0.454 e. The van der Waals surface area contributed by atoms with E-state index in [1.807, 2.05) is 19.9 Å². The smallest absolute Gasteiger partial charge is 0.358 e. The summed E-state index contributed by atoms with van der Waals surface area (Å²) < 4.78 is 10.8. The molecule has 0 bridgehead atoms. The molecule has 0 N–H and O–H groups in total. The van der Waals surface area contributed by atoms with E-state index in [0.29, 0.717) is 15.8 Å². The minimum atomic E-state index is -0.674. The standard InChI is InChI=1S/C14H11Cl2N5O2S/c1-7-5-8(2)21(19-7)11-4-3-9(15)12(17-11)14(22)23-6-10-13(16)24-20-18-10/h3-5H,6H2,1-2H3. The average Bonchev–Trinajstić information content (AvgIpc) is 3.10. The van der Waals surface area contributed by atoms with Crippen molar-refractivity contribution in [1.82, 2.24) is 24.4 Å². The van der Waals surface area contributed by atoms with Gasteiger partial charge in [0.1, 0.15) is 16.6 Å². The van der Waals surface area contributed by atoms with Crippen molar-refractivity contribution in [1.29, 1.82) is 0 Å². The van der Waals surface area contributed by atoms with Crippen LogP contribution in [-0.2, 0) is 11.3 Å². The molecule has 0 amide bonds. The second-order valence-corrected chi connectivity index (χ2v) is 6.67. The van der Waals surface area contributed by atoms with Crippen molar-refractivity contribution in [3.05, 3.63) is 50.3 Å². The van der Waals surface area contributed by atoms with Crippen molar-refractivity contribution in [2.75, 3.05) is 0 Å². The number of esters is 1. The van der Waals surface area contributed by atoms with E-state index in [1.54, 1.807) is 16.8 Å². The van der Waals surface area contributed by atoms with E-state index in [0.717, 1.165) is 22.9 Å². The molecule has 3 aromatic rings. The number of halogens is 2. The molecule has 24 heavy (non-hydrogen) atoms. The second-order valence-electron chi connectivity index (χ2n) is 4.91. The number of hydrogen-bond donors (Lipinski definition) is 0. The summed E-state index contributed by atoms with van der Waals surface area (Å²) in [4.78, 5) is 16.5. The van der Waals surface area contributed by atoms with Gasteiger partial charge in [0.15, 0.2) is 11.5 Å². The van der Waals surface area contributed by atoms with E-state index in [9.17, 15) is 4.79 Å². The monoisotopic (exact) mass is 383 g/mol. The summed E-state index contributed by atoms with van der Waals surface area (Å²) >= 11 is 13.0. The lowest BCUT2D eigenvalue weighted by molar-refractivity contribution is 0.0461. The summed E-state index contributed by atoms with van der Waals surface area (Å²) in [5, 5.41) is 8.30. The summed E-state index contributed by atoms with van der Waals surface area (Å²) in [6, 6.07) is 5.17. The highest BCUT2D eigenvalue weighted by atomic mass is 35.5. The molecule has 0 fully saturated rings. The summed E-state index contributed by atoms with van der Waals surface area (Å²) in [6.07, 6.45) is 0. The molecule has 0 saturated carbocycles. The summed E-state index contributed by atoms with van der Waals surface area (Å²) in [7, 11) is 0. The first kappa shape index (κ1) is 16.8. The second kappa shape index (κ2) is 6.84. The fraction of sp³-hybridized carbons (Fsp3) is 0.214. The van der Waals surface area contributed by atoms with Crippen molar-refractivity contribution >= 4 is 40.7 Å². The maximum absolute atomic E-state index is 12.3. The molecule has 10 heteroatoms. The van der Waals surface area contributed by atoms with E-state index in [2.05, 4.69) is 19.7 Å². The number of hydrogen-bond acceptors (Lipinski definition) is 7. The van der Waals surface area contributed by atoms with Crippen LogP contribution in [-0.4, -0.2) is 30.3 Å². The Kier molecular flexibility index (Phi) is 4.79. The molecule has 0 unspecified atom stereocenters. The minimum absolute atomic E-state index is 0.000955. The quantitative estimate of drug-likeness (QED) is 0.642. The number of ether oxygens (including phenoxy) is 1. The number of aromatic nitrogens is 5. The van der Waals surface area contributed by atoms with Gasteiger partial charge >= 0.3 is 5.97 Å². The Hall–Kier alpha value is -2.03. The number of carbonyl (C=O) groups excluding carboxylic acids is 1. The van der Waals surface area contributed by atoms with Gasteiger partial charge in [-0.25, -0.2) is 14.5 Å². The molecular formula is C14H11Cl2N5O2S. The Morgan fingerprint density at radius 3 is 2.75 bits per heavy atom. The molecule has 3 aromatic heterocycles. The molecular weight excluding hydrogens is 373 g/mol. The molecule has 0 aliphatic heterocycles. The third kappa shape index (κ3) is 3.40. The SMILES string of the molecule is Cc1cc(C)n(-c2ccc(Cl)c(C(=O)OCc3nnsc3Cl)n2)n1. The molecule has 124 valence electrons. The van der Waals surface area contributed by atoms with Crippen molar-refractivity contribution in [2.45, 2.75) is 20.5 Å². The normalized spacial score (nSPS) is 10.8.